The van der Waals surface area contributed by atoms with Crippen molar-refractivity contribution >= 4 is 29.9 Å². The molecule has 0 aliphatic carbocycles. The quantitative estimate of drug-likeness (QED) is 0.300. The Balaban J connectivity index is 0.00000484. The van der Waals surface area contributed by atoms with Gasteiger partial charge in [-0.25, -0.2) is 8.78 Å². The fourth-order valence-corrected chi connectivity index (χ4v) is 1.72. The normalized spacial score (nSPS) is 11.8. The van der Waals surface area contributed by atoms with E-state index in [9.17, 15) is 22.0 Å². The van der Waals surface area contributed by atoms with Gasteiger partial charge in [0.1, 0.15) is 11.6 Å². The third-order valence-corrected chi connectivity index (χ3v) is 2.64. The van der Waals surface area contributed by atoms with Crippen LogP contribution < -0.4 is 10.6 Å². The zero-order chi connectivity index (χ0) is 16.6. The van der Waals surface area contributed by atoms with Gasteiger partial charge < -0.3 is 10.6 Å². The highest BCUT2D eigenvalue weighted by atomic mass is 127. The van der Waals surface area contributed by atoms with Gasteiger partial charge in [0.05, 0.1) is 13.0 Å². The predicted molar refractivity (Wildman–Crippen MR) is 90.1 cm³/mol. The number of nitrogens with zero attached hydrogens (tertiary/aromatic N) is 1. The summed E-state index contributed by atoms with van der Waals surface area (Å²) in [7, 11) is 0. The van der Waals surface area contributed by atoms with Gasteiger partial charge in [-0.15, -0.1) is 24.0 Å². The number of guanidine groups is 1. The molecule has 1 rings (SSSR count). The Hall–Kier alpha value is -1.13. The van der Waals surface area contributed by atoms with Crippen molar-refractivity contribution in [3.05, 3.63) is 35.4 Å². The number of hydrogen-bond donors (Lipinski definition) is 2. The highest BCUT2D eigenvalue weighted by molar-refractivity contribution is 14.0. The molecule has 0 saturated heterocycles. The smallest absolute Gasteiger partial charge is 0.357 e. The van der Waals surface area contributed by atoms with Crippen LogP contribution in [0.25, 0.3) is 0 Å². The van der Waals surface area contributed by atoms with Gasteiger partial charge in [0.25, 0.3) is 0 Å². The minimum Gasteiger partial charge on any atom is -0.357 e. The zero-order valence-electron chi connectivity index (χ0n) is 12.5. The molecule has 0 saturated carbocycles. The van der Waals surface area contributed by atoms with E-state index in [1.54, 1.807) is 6.92 Å². The lowest BCUT2D eigenvalue weighted by atomic mass is 10.1. The molecule has 0 aromatic heterocycles. The van der Waals surface area contributed by atoms with Gasteiger partial charge in [0.15, 0.2) is 5.96 Å². The van der Waals surface area contributed by atoms with Crippen molar-refractivity contribution < 1.29 is 22.0 Å². The lowest BCUT2D eigenvalue weighted by molar-refractivity contribution is -0.132. The summed E-state index contributed by atoms with van der Waals surface area (Å²) in [6, 6.07) is 3.19. The molecule has 1 aromatic carbocycles. The highest BCUT2D eigenvalue weighted by Gasteiger charge is 2.26. The van der Waals surface area contributed by atoms with Crippen molar-refractivity contribution in [2.45, 2.75) is 25.9 Å². The molecule has 2 N–H and O–H groups in total. The van der Waals surface area contributed by atoms with Gasteiger partial charge in [0.2, 0.25) is 0 Å². The van der Waals surface area contributed by atoms with Crippen LogP contribution in [0.2, 0.25) is 0 Å². The monoisotopic (exact) mass is 451 g/mol. The van der Waals surface area contributed by atoms with Crippen LogP contribution in [0.15, 0.2) is 23.2 Å². The van der Waals surface area contributed by atoms with Gasteiger partial charge in [-0.1, -0.05) is 0 Å². The van der Waals surface area contributed by atoms with E-state index in [1.165, 1.54) is 12.1 Å². The second kappa shape index (κ2) is 10.6. The minimum atomic E-state index is -4.25. The van der Waals surface area contributed by atoms with Crippen LogP contribution in [0.5, 0.6) is 0 Å². The Morgan fingerprint density at radius 1 is 1.09 bits per heavy atom. The molecular weight excluding hydrogens is 432 g/mol. The zero-order valence-corrected chi connectivity index (χ0v) is 14.8. The Kier molecular flexibility index (Phi) is 10.1. The molecule has 1 aromatic rings. The molecule has 0 aliphatic rings. The maximum atomic E-state index is 13.0. The van der Waals surface area contributed by atoms with Crippen LogP contribution in [0.1, 0.15) is 18.9 Å². The minimum absolute atomic E-state index is 0. The lowest BCUT2D eigenvalue weighted by Gasteiger charge is -2.12. The Labute approximate surface area is 148 Å². The molecule has 0 bridgehead atoms. The van der Waals surface area contributed by atoms with E-state index >= 15 is 0 Å². The number of alkyl halides is 3. The van der Waals surface area contributed by atoms with E-state index in [0.29, 0.717) is 25.1 Å². The van der Waals surface area contributed by atoms with E-state index in [2.05, 4.69) is 15.6 Å². The average molecular weight is 451 g/mol. The molecule has 0 unspecified atom stereocenters. The number of aliphatic imine (C=N–C) groups is 1. The van der Waals surface area contributed by atoms with Crippen LogP contribution in [0, 0.1) is 11.6 Å². The van der Waals surface area contributed by atoms with Crippen LogP contribution in [-0.4, -0.2) is 31.8 Å². The van der Waals surface area contributed by atoms with Crippen molar-refractivity contribution in [3.8, 4) is 0 Å². The Morgan fingerprint density at radius 3 is 2.22 bits per heavy atom. The maximum absolute atomic E-state index is 13.0. The average Bonchev–Trinajstić information content (AvgIpc) is 2.36. The number of nitrogens with one attached hydrogen (secondary N) is 2. The highest BCUT2D eigenvalue weighted by Crippen LogP contribution is 2.18. The molecule has 0 heterocycles. The molecule has 9 heteroatoms. The third kappa shape index (κ3) is 10.3. The van der Waals surface area contributed by atoms with Crippen molar-refractivity contribution in [1.82, 2.24) is 10.6 Å². The molecule has 0 amide bonds. The van der Waals surface area contributed by atoms with Crippen LogP contribution in [-0.2, 0) is 6.42 Å². The maximum Gasteiger partial charge on any atom is 0.390 e. The summed E-state index contributed by atoms with van der Waals surface area (Å²) >= 11 is 0. The summed E-state index contributed by atoms with van der Waals surface area (Å²) in [6.07, 6.45) is -4.93. The van der Waals surface area contributed by atoms with Gasteiger partial charge in [0, 0.05) is 19.2 Å². The van der Waals surface area contributed by atoms with Crippen molar-refractivity contribution in [1.29, 1.82) is 0 Å². The topological polar surface area (TPSA) is 36.4 Å². The molecule has 23 heavy (non-hydrogen) atoms. The van der Waals surface area contributed by atoms with E-state index in [1.807, 2.05) is 0 Å². The predicted octanol–water partition coefficient (Wildman–Crippen LogP) is 3.63. The number of hydrogen-bond acceptors (Lipinski definition) is 1. The van der Waals surface area contributed by atoms with Crippen LogP contribution in [0.3, 0.4) is 0 Å². The van der Waals surface area contributed by atoms with Gasteiger partial charge in [-0.05, 0) is 31.0 Å². The van der Waals surface area contributed by atoms with Crippen LogP contribution in [0.4, 0.5) is 22.0 Å². The van der Waals surface area contributed by atoms with Crippen molar-refractivity contribution in [2.24, 2.45) is 4.99 Å². The lowest BCUT2D eigenvalue weighted by Crippen LogP contribution is -2.38. The fourth-order valence-electron chi connectivity index (χ4n) is 1.72. The fraction of sp³-hybridized carbons (Fsp3) is 0.500. The molecular formula is C14H19F5IN3. The summed E-state index contributed by atoms with van der Waals surface area (Å²) in [6.45, 7) is 2.18. The van der Waals surface area contributed by atoms with Crippen molar-refractivity contribution in [2.75, 3.05) is 19.6 Å². The summed E-state index contributed by atoms with van der Waals surface area (Å²) in [5.41, 5.74) is 0.455. The first kappa shape index (κ1) is 21.9. The summed E-state index contributed by atoms with van der Waals surface area (Å²) in [5.74, 6) is -1.09. The molecule has 0 atom stereocenters. The van der Waals surface area contributed by atoms with Gasteiger partial charge in [-0.2, -0.15) is 13.2 Å². The molecule has 0 spiro atoms. The molecule has 0 radical (unpaired) electrons. The summed E-state index contributed by atoms with van der Waals surface area (Å²) < 4.78 is 62.2. The summed E-state index contributed by atoms with van der Waals surface area (Å²) in [4.78, 5) is 3.79. The van der Waals surface area contributed by atoms with Crippen molar-refractivity contribution in [3.63, 3.8) is 0 Å². The molecule has 3 nitrogen and oxygen atoms in total. The van der Waals surface area contributed by atoms with E-state index in [4.69, 9.17) is 0 Å². The number of rotatable bonds is 6. The van der Waals surface area contributed by atoms with Gasteiger partial charge in [-0.3, -0.25) is 4.99 Å². The first-order valence-electron chi connectivity index (χ1n) is 6.84. The second-order valence-electron chi connectivity index (χ2n) is 4.58. The standard InChI is InChI=1S/C14H18F5N3.HI/c1-2-20-13(22-6-4-14(17,18)19)21-5-3-10-7-11(15)9-12(16)8-10;/h7-9H,2-6H2,1H3,(H2,20,21,22);1H. The number of halogens is 6. The molecule has 132 valence electrons. The first-order chi connectivity index (χ1) is 10.3. The Morgan fingerprint density at radius 2 is 1.70 bits per heavy atom. The summed E-state index contributed by atoms with van der Waals surface area (Å²) in [5, 5.41) is 5.62. The SMILES string of the molecule is CCNC(=NCCC(F)(F)F)NCCc1cc(F)cc(F)c1.I. The third-order valence-electron chi connectivity index (χ3n) is 2.64. The van der Waals surface area contributed by atoms with E-state index < -0.39 is 24.2 Å². The first-order valence-corrected chi connectivity index (χ1v) is 6.84. The van der Waals surface area contributed by atoms with E-state index in [-0.39, 0.29) is 36.5 Å². The number of benzene rings is 1. The largest absolute Gasteiger partial charge is 0.390 e. The molecule has 0 fully saturated rings. The molecule has 0 aliphatic heterocycles. The van der Waals surface area contributed by atoms with E-state index in [0.717, 1.165) is 6.07 Å². The van der Waals surface area contributed by atoms with Crippen LogP contribution >= 0.6 is 24.0 Å². The van der Waals surface area contributed by atoms with Gasteiger partial charge >= 0.3 is 6.18 Å². The second-order valence-corrected chi connectivity index (χ2v) is 4.58. The Bertz CT molecular complexity index is 485.